The summed E-state index contributed by atoms with van der Waals surface area (Å²) in [5.41, 5.74) is 1.92. The minimum Gasteiger partial charge on any atom is -0.508 e. The molecular formula is C14H10FN3O4. The number of halogens is 1. The van der Waals surface area contributed by atoms with Crippen LogP contribution in [0, 0.1) is 15.9 Å². The van der Waals surface area contributed by atoms with Crippen LogP contribution in [0.15, 0.2) is 47.6 Å². The lowest BCUT2D eigenvalue weighted by molar-refractivity contribution is -0.385. The Labute approximate surface area is 123 Å². The molecule has 8 heteroatoms. The van der Waals surface area contributed by atoms with E-state index in [1.807, 2.05) is 0 Å². The Kier molecular flexibility index (Phi) is 4.42. The van der Waals surface area contributed by atoms with Crippen LogP contribution in [0.1, 0.15) is 15.9 Å². The van der Waals surface area contributed by atoms with Crippen molar-refractivity contribution >= 4 is 17.8 Å². The average molecular weight is 303 g/mol. The molecule has 0 radical (unpaired) electrons. The van der Waals surface area contributed by atoms with Crippen molar-refractivity contribution < 1.29 is 19.2 Å². The minimum absolute atomic E-state index is 0.0181. The topological polar surface area (TPSA) is 105 Å². The van der Waals surface area contributed by atoms with Gasteiger partial charge in [0.15, 0.2) is 0 Å². The fourth-order valence-corrected chi connectivity index (χ4v) is 1.67. The molecule has 0 saturated carbocycles. The third kappa shape index (κ3) is 3.63. The van der Waals surface area contributed by atoms with Crippen LogP contribution in [-0.2, 0) is 0 Å². The first-order valence-corrected chi connectivity index (χ1v) is 6.04. The van der Waals surface area contributed by atoms with E-state index >= 15 is 0 Å². The molecule has 2 aromatic carbocycles. The van der Waals surface area contributed by atoms with Crippen molar-refractivity contribution in [1.29, 1.82) is 0 Å². The molecule has 0 bridgehead atoms. The van der Waals surface area contributed by atoms with Gasteiger partial charge in [0.1, 0.15) is 11.6 Å². The standard InChI is InChI=1S/C14H10FN3O4/c15-11-3-1-2-9(6-11)14(20)17-16-8-10-7-12(19)4-5-13(10)18(21)22/h1-8,19H,(H,17,20). The van der Waals surface area contributed by atoms with Gasteiger partial charge in [0, 0.05) is 11.6 Å². The van der Waals surface area contributed by atoms with E-state index in [2.05, 4.69) is 10.5 Å². The van der Waals surface area contributed by atoms with Crippen molar-refractivity contribution in [2.75, 3.05) is 0 Å². The second kappa shape index (κ2) is 6.44. The smallest absolute Gasteiger partial charge is 0.278 e. The highest BCUT2D eigenvalue weighted by Gasteiger charge is 2.12. The first-order valence-electron chi connectivity index (χ1n) is 6.04. The quantitative estimate of drug-likeness (QED) is 0.513. The maximum absolute atomic E-state index is 13.0. The van der Waals surface area contributed by atoms with Crippen molar-refractivity contribution in [3.05, 3.63) is 69.5 Å². The molecule has 2 N–H and O–H groups in total. The normalized spacial score (nSPS) is 10.6. The van der Waals surface area contributed by atoms with Gasteiger partial charge < -0.3 is 5.11 Å². The molecule has 0 aliphatic carbocycles. The number of nitrogens with zero attached hydrogens (tertiary/aromatic N) is 2. The molecule has 0 unspecified atom stereocenters. The molecule has 2 rings (SSSR count). The lowest BCUT2D eigenvalue weighted by atomic mass is 10.2. The number of phenolic OH excluding ortho intramolecular Hbond substituents is 1. The number of hydrogen-bond donors (Lipinski definition) is 2. The highest BCUT2D eigenvalue weighted by molar-refractivity contribution is 5.95. The summed E-state index contributed by atoms with van der Waals surface area (Å²) in [5, 5.41) is 23.7. The van der Waals surface area contributed by atoms with E-state index in [1.54, 1.807) is 0 Å². The number of carbonyl (C=O) groups is 1. The van der Waals surface area contributed by atoms with Gasteiger partial charge in [-0.25, -0.2) is 9.82 Å². The van der Waals surface area contributed by atoms with Gasteiger partial charge in [-0.15, -0.1) is 0 Å². The lowest BCUT2D eigenvalue weighted by Crippen LogP contribution is -2.17. The van der Waals surface area contributed by atoms with Gasteiger partial charge in [-0.3, -0.25) is 14.9 Å². The maximum Gasteiger partial charge on any atom is 0.278 e. The number of hydrazone groups is 1. The number of nitro benzene ring substituents is 1. The van der Waals surface area contributed by atoms with Crippen molar-refractivity contribution in [3.8, 4) is 5.75 Å². The Balaban J connectivity index is 2.14. The van der Waals surface area contributed by atoms with Gasteiger partial charge in [-0.1, -0.05) is 6.07 Å². The zero-order valence-electron chi connectivity index (χ0n) is 11.1. The minimum atomic E-state index is -0.668. The number of phenols is 1. The summed E-state index contributed by atoms with van der Waals surface area (Å²) >= 11 is 0. The van der Waals surface area contributed by atoms with Gasteiger partial charge in [0.25, 0.3) is 11.6 Å². The second-order valence-electron chi connectivity index (χ2n) is 4.21. The summed E-state index contributed by atoms with van der Waals surface area (Å²) in [6.07, 6.45) is 1.02. The molecule has 22 heavy (non-hydrogen) atoms. The van der Waals surface area contributed by atoms with Gasteiger partial charge in [-0.05, 0) is 30.3 Å². The molecule has 1 amide bonds. The molecule has 7 nitrogen and oxygen atoms in total. The van der Waals surface area contributed by atoms with Gasteiger partial charge >= 0.3 is 0 Å². The van der Waals surface area contributed by atoms with E-state index < -0.39 is 16.6 Å². The highest BCUT2D eigenvalue weighted by Crippen LogP contribution is 2.21. The number of amides is 1. The van der Waals surface area contributed by atoms with E-state index in [0.29, 0.717) is 0 Å². The molecule has 0 aliphatic rings. The van der Waals surface area contributed by atoms with Crippen LogP contribution in [0.25, 0.3) is 0 Å². The summed E-state index contributed by atoms with van der Waals surface area (Å²) in [4.78, 5) is 21.9. The molecule has 2 aromatic rings. The van der Waals surface area contributed by atoms with Gasteiger partial charge in [-0.2, -0.15) is 5.10 Å². The maximum atomic E-state index is 13.0. The van der Waals surface area contributed by atoms with E-state index in [1.165, 1.54) is 24.3 Å². The van der Waals surface area contributed by atoms with Crippen molar-refractivity contribution in [2.24, 2.45) is 5.10 Å². The molecule has 0 aromatic heterocycles. The number of benzene rings is 2. The Morgan fingerprint density at radius 2 is 2.09 bits per heavy atom. The van der Waals surface area contributed by atoms with Crippen LogP contribution in [0.4, 0.5) is 10.1 Å². The molecule has 112 valence electrons. The number of nitro groups is 1. The SMILES string of the molecule is O=C(NN=Cc1cc(O)ccc1[N+](=O)[O-])c1cccc(F)c1. The number of aromatic hydroxyl groups is 1. The van der Waals surface area contributed by atoms with Crippen LogP contribution < -0.4 is 5.43 Å². The number of rotatable bonds is 4. The summed E-state index contributed by atoms with van der Waals surface area (Å²) in [5.74, 6) is -1.41. The molecule has 0 atom stereocenters. The predicted octanol–water partition coefficient (Wildman–Crippen LogP) is 2.20. The predicted molar refractivity (Wildman–Crippen MR) is 76.2 cm³/mol. The zero-order valence-corrected chi connectivity index (χ0v) is 11.1. The van der Waals surface area contributed by atoms with E-state index in [-0.39, 0.29) is 22.6 Å². The molecule has 0 saturated heterocycles. The Morgan fingerprint density at radius 1 is 1.32 bits per heavy atom. The molecular weight excluding hydrogens is 293 g/mol. The van der Waals surface area contributed by atoms with Crippen LogP contribution in [0.3, 0.4) is 0 Å². The monoisotopic (exact) mass is 303 g/mol. The number of hydrogen-bond acceptors (Lipinski definition) is 5. The largest absolute Gasteiger partial charge is 0.508 e. The molecule has 0 aliphatic heterocycles. The molecule has 0 heterocycles. The number of carbonyl (C=O) groups excluding carboxylic acids is 1. The summed E-state index contributed by atoms with van der Waals surface area (Å²) in [6, 6.07) is 8.40. The molecule has 0 fully saturated rings. The highest BCUT2D eigenvalue weighted by atomic mass is 19.1. The van der Waals surface area contributed by atoms with E-state index in [0.717, 1.165) is 24.4 Å². The Hall–Kier alpha value is -3.29. The van der Waals surface area contributed by atoms with Crippen LogP contribution in [0.2, 0.25) is 0 Å². The first kappa shape index (κ1) is 15.1. The van der Waals surface area contributed by atoms with Crippen LogP contribution >= 0.6 is 0 Å². The summed E-state index contributed by atoms with van der Waals surface area (Å²) < 4.78 is 13.0. The van der Waals surface area contributed by atoms with Crippen molar-refractivity contribution in [3.63, 3.8) is 0 Å². The Morgan fingerprint density at radius 3 is 2.77 bits per heavy atom. The van der Waals surface area contributed by atoms with Gasteiger partial charge in [0.05, 0.1) is 16.7 Å². The summed E-state index contributed by atoms with van der Waals surface area (Å²) in [6.45, 7) is 0. The van der Waals surface area contributed by atoms with Crippen LogP contribution in [0.5, 0.6) is 5.75 Å². The van der Waals surface area contributed by atoms with Crippen molar-refractivity contribution in [2.45, 2.75) is 0 Å². The third-order valence-corrected chi connectivity index (χ3v) is 2.66. The fourth-order valence-electron chi connectivity index (χ4n) is 1.67. The second-order valence-corrected chi connectivity index (χ2v) is 4.21. The average Bonchev–Trinajstić information content (AvgIpc) is 2.47. The fraction of sp³-hybridized carbons (Fsp3) is 0. The third-order valence-electron chi connectivity index (χ3n) is 2.66. The van der Waals surface area contributed by atoms with Gasteiger partial charge in [0.2, 0.25) is 0 Å². The first-order chi connectivity index (χ1) is 10.5. The molecule has 0 spiro atoms. The van der Waals surface area contributed by atoms with Crippen molar-refractivity contribution in [1.82, 2.24) is 5.43 Å². The number of nitrogens with one attached hydrogen (secondary N) is 1. The van der Waals surface area contributed by atoms with E-state index in [9.17, 15) is 24.4 Å². The van der Waals surface area contributed by atoms with E-state index in [4.69, 9.17) is 0 Å². The summed E-state index contributed by atoms with van der Waals surface area (Å²) in [7, 11) is 0. The lowest BCUT2D eigenvalue weighted by Gasteiger charge is -2.00. The van der Waals surface area contributed by atoms with Crippen LogP contribution in [-0.4, -0.2) is 22.2 Å². The zero-order chi connectivity index (χ0) is 16.1. The Bertz CT molecular complexity index is 762.